The van der Waals surface area contributed by atoms with Gasteiger partial charge in [-0.3, -0.25) is 15.1 Å². The number of hydrogen-bond acceptors (Lipinski definition) is 6. The van der Waals surface area contributed by atoms with Crippen molar-refractivity contribution in [1.82, 2.24) is 14.5 Å². The SMILES string of the molecule is CCOC(=O)Nc1nc2cc(-c3ccn(C)c(=O)c3)cc(N3CCC=N3)c2[nH]1. The van der Waals surface area contributed by atoms with Crippen molar-refractivity contribution in [1.29, 1.82) is 0 Å². The van der Waals surface area contributed by atoms with Crippen LogP contribution in [0, 0.1) is 0 Å². The Morgan fingerprint density at radius 2 is 2.18 bits per heavy atom. The number of aryl methyl sites for hydroxylation is 1. The fourth-order valence-corrected chi connectivity index (χ4v) is 3.09. The molecule has 1 aromatic carbocycles. The number of aromatic nitrogens is 3. The molecule has 0 fully saturated rings. The number of hydrazone groups is 1. The maximum Gasteiger partial charge on any atom is 0.413 e. The largest absolute Gasteiger partial charge is 0.450 e. The molecule has 3 aromatic rings. The maximum absolute atomic E-state index is 12.1. The molecule has 144 valence electrons. The summed E-state index contributed by atoms with van der Waals surface area (Å²) in [6.45, 7) is 2.75. The first kappa shape index (κ1) is 17.8. The van der Waals surface area contributed by atoms with E-state index in [-0.39, 0.29) is 12.2 Å². The number of benzene rings is 1. The molecule has 0 saturated heterocycles. The summed E-state index contributed by atoms with van der Waals surface area (Å²) in [6, 6.07) is 7.30. The Balaban J connectivity index is 1.83. The summed E-state index contributed by atoms with van der Waals surface area (Å²) >= 11 is 0. The third kappa shape index (κ3) is 3.34. The second-order valence-corrected chi connectivity index (χ2v) is 6.39. The molecule has 0 atom stereocenters. The Morgan fingerprint density at radius 3 is 2.89 bits per heavy atom. The highest BCUT2D eigenvalue weighted by Gasteiger charge is 2.18. The van der Waals surface area contributed by atoms with Crippen LogP contribution in [0.25, 0.3) is 22.2 Å². The van der Waals surface area contributed by atoms with Crippen LogP contribution >= 0.6 is 0 Å². The summed E-state index contributed by atoms with van der Waals surface area (Å²) < 4.78 is 6.43. The molecule has 2 aromatic heterocycles. The van der Waals surface area contributed by atoms with Gasteiger partial charge in [-0.25, -0.2) is 9.78 Å². The fourth-order valence-electron chi connectivity index (χ4n) is 3.09. The van der Waals surface area contributed by atoms with Crippen LogP contribution in [-0.2, 0) is 11.8 Å². The van der Waals surface area contributed by atoms with Crippen LogP contribution in [-0.4, -0.2) is 40.0 Å². The zero-order valence-corrected chi connectivity index (χ0v) is 15.6. The smallest absolute Gasteiger partial charge is 0.413 e. The van der Waals surface area contributed by atoms with Crippen molar-refractivity contribution in [3.8, 4) is 11.1 Å². The minimum Gasteiger partial charge on any atom is -0.450 e. The van der Waals surface area contributed by atoms with Gasteiger partial charge in [-0.1, -0.05) is 0 Å². The van der Waals surface area contributed by atoms with Crippen LogP contribution in [0.2, 0.25) is 0 Å². The molecule has 0 unspecified atom stereocenters. The van der Waals surface area contributed by atoms with Crippen molar-refractivity contribution in [3.05, 3.63) is 40.8 Å². The van der Waals surface area contributed by atoms with Gasteiger partial charge in [0.2, 0.25) is 5.95 Å². The van der Waals surface area contributed by atoms with E-state index in [2.05, 4.69) is 20.4 Å². The summed E-state index contributed by atoms with van der Waals surface area (Å²) in [4.78, 5) is 31.4. The highest BCUT2D eigenvalue weighted by atomic mass is 16.5. The van der Waals surface area contributed by atoms with Crippen molar-refractivity contribution in [2.24, 2.45) is 12.1 Å². The quantitative estimate of drug-likeness (QED) is 0.724. The van der Waals surface area contributed by atoms with Crippen LogP contribution in [0.4, 0.5) is 16.4 Å². The second kappa shape index (κ2) is 7.18. The number of carbonyl (C=O) groups is 1. The average molecular weight is 380 g/mol. The predicted molar refractivity (Wildman–Crippen MR) is 108 cm³/mol. The van der Waals surface area contributed by atoms with E-state index in [1.807, 2.05) is 29.4 Å². The van der Waals surface area contributed by atoms with Crippen molar-refractivity contribution in [3.63, 3.8) is 0 Å². The number of rotatable bonds is 4. The van der Waals surface area contributed by atoms with Gasteiger partial charge >= 0.3 is 6.09 Å². The van der Waals surface area contributed by atoms with Gasteiger partial charge in [0.1, 0.15) is 0 Å². The molecule has 2 N–H and O–H groups in total. The number of ether oxygens (including phenoxy) is 1. The van der Waals surface area contributed by atoms with E-state index in [0.29, 0.717) is 11.5 Å². The number of aromatic amines is 1. The molecule has 0 bridgehead atoms. The lowest BCUT2D eigenvalue weighted by atomic mass is 10.0. The van der Waals surface area contributed by atoms with Gasteiger partial charge in [-0.2, -0.15) is 5.10 Å². The number of hydrogen-bond donors (Lipinski definition) is 2. The molecule has 4 rings (SSSR count). The number of imidazole rings is 1. The Morgan fingerprint density at radius 1 is 1.32 bits per heavy atom. The minimum absolute atomic E-state index is 0.0926. The summed E-state index contributed by atoms with van der Waals surface area (Å²) in [7, 11) is 1.71. The standard InChI is InChI=1S/C19H20N6O3/c1-3-28-19(27)23-18-21-14-9-13(12-5-8-24(2)16(26)11-12)10-15(17(14)22-18)25-7-4-6-20-25/h5-6,8-11H,3-4,7H2,1-2H3,(H2,21,22,23,27). The van der Waals surface area contributed by atoms with Crippen molar-refractivity contribution in [2.45, 2.75) is 13.3 Å². The first-order valence-electron chi connectivity index (χ1n) is 8.99. The van der Waals surface area contributed by atoms with Gasteiger partial charge in [0, 0.05) is 38.5 Å². The van der Waals surface area contributed by atoms with Crippen LogP contribution in [0.3, 0.4) is 0 Å². The second-order valence-electron chi connectivity index (χ2n) is 6.39. The van der Waals surface area contributed by atoms with Crippen LogP contribution in [0.5, 0.6) is 0 Å². The molecule has 1 aliphatic heterocycles. The number of H-pyrrole nitrogens is 1. The third-order valence-corrected chi connectivity index (χ3v) is 4.48. The number of nitrogens with zero attached hydrogens (tertiary/aromatic N) is 4. The van der Waals surface area contributed by atoms with Crippen LogP contribution in [0.1, 0.15) is 13.3 Å². The summed E-state index contributed by atoms with van der Waals surface area (Å²) in [5, 5.41) is 8.87. The van der Waals surface area contributed by atoms with E-state index in [1.165, 1.54) is 4.57 Å². The molecule has 1 amide bonds. The molecule has 9 heteroatoms. The summed E-state index contributed by atoms with van der Waals surface area (Å²) in [5.41, 5.74) is 3.77. The molecule has 0 aliphatic carbocycles. The predicted octanol–water partition coefficient (Wildman–Crippen LogP) is 2.69. The Hall–Kier alpha value is -3.62. The van der Waals surface area contributed by atoms with Gasteiger partial charge in [0.25, 0.3) is 5.56 Å². The van der Waals surface area contributed by atoms with E-state index in [4.69, 9.17) is 4.74 Å². The first-order valence-corrected chi connectivity index (χ1v) is 8.99. The number of amides is 1. The number of anilines is 2. The van der Waals surface area contributed by atoms with Gasteiger partial charge in [-0.15, -0.1) is 0 Å². The minimum atomic E-state index is -0.575. The Labute approximate surface area is 160 Å². The van der Waals surface area contributed by atoms with Crippen LogP contribution < -0.4 is 15.9 Å². The highest BCUT2D eigenvalue weighted by molar-refractivity contribution is 5.96. The number of pyridine rings is 1. The average Bonchev–Trinajstić information content (AvgIpc) is 3.32. The number of carbonyl (C=O) groups excluding carboxylic acids is 1. The van der Waals surface area contributed by atoms with Crippen molar-refractivity contribution >= 4 is 35.0 Å². The van der Waals surface area contributed by atoms with Gasteiger partial charge in [0.05, 0.1) is 23.3 Å². The maximum atomic E-state index is 12.1. The lowest BCUT2D eigenvalue weighted by molar-refractivity contribution is 0.167. The monoisotopic (exact) mass is 380 g/mol. The lowest BCUT2D eigenvalue weighted by Gasteiger charge is -2.16. The van der Waals surface area contributed by atoms with Crippen molar-refractivity contribution in [2.75, 3.05) is 23.5 Å². The Kier molecular flexibility index (Phi) is 4.56. The zero-order valence-electron chi connectivity index (χ0n) is 15.6. The molecule has 1 aliphatic rings. The van der Waals surface area contributed by atoms with Crippen LogP contribution in [0.15, 0.2) is 40.4 Å². The Bertz CT molecular complexity index is 1130. The van der Waals surface area contributed by atoms with Crippen molar-refractivity contribution < 1.29 is 9.53 Å². The summed E-state index contributed by atoms with van der Waals surface area (Å²) in [5.74, 6) is 0.291. The molecule has 0 spiro atoms. The molecular formula is C19H20N6O3. The molecule has 0 saturated carbocycles. The van der Waals surface area contributed by atoms with E-state index < -0.39 is 6.09 Å². The molecule has 0 radical (unpaired) electrons. The molecule has 3 heterocycles. The van der Waals surface area contributed by atoms with E-state index in [9.17, 15) is 9.59 Å². The van der Waals surface area contributed by atoms with E-state index in [1.54, 1.807) is 26.2 Å². The van der Waals surface area contributed by atoms with E-state index in [0.717, 1.165) is 35.3 Å². The van der Waals surface area contributed by atoms with E-state index >= 15 is 0 Å². The zero-order chi connectivity index (χ0) is 19.7. The molecular weight excluding hydrogens is 360 g/mol. The first-order chi connectivity index (χ1) is 13.5. The number of nitrogens with one attached hydrogen (secondary N) is 2. The lowest BCUT2D eigenvalue weighted by Crippen LogP contribution is -2.15. The third-order valence-electron chi connectivity index (χ3n) is 4.48. The molecule has 28 heavy (non-hydrogen) atoms. The number of fused-ring (bicyclic) bond motifs is 1. The van der Waals surface area contributed by atoms with Gasteiger partial charge in [-0.05, 0) is 36.2 Å². The van der Waals surface area contributed by atoms with Gasteiger partial charge in [0.15, 0.2) is 0 Å². The molecule has 9 nitrogen and oxygen atoms in total. The fraction of sp³-hybridized carbons (Fsp3) is 0.263. The van der Waals surface area contributed by atoms with Gasteiger partial charge < -0.3 is 14.3 Å². The summed E-state index contributed by atoms with van der Waals surface area (Å²) in [6.07, 6.45) is 3.85. The highest BCUT2D eigenvalue weighted by Crippen LogP contribution is 2.33. The normalized spacial score (nSPS) is 13.3. The topological polar surface area (TPSA) is 105 Å².